The Morgan fingerprint density at radius 2 is 1.55 bits per heavy atom. The van der Waals surface area contributed by atoms with Crippen LogP contribution in [0, 0.1) is 0 Å². The van der Waals surface area contributed by atoms with Gasteiger partial charge in [-0.3, -0.25) is 0 Å². The quantitative estimate of drug-likeness (QED) is 0.547. The summed E-state index contributed by atoms with van der Waals surface area (Å²) in [6.45, 7) is 0. The summed E-state index contributed by atoms with van der Waals surface area (Å²) < 4.78 is 0. The van der Waals surface area contributed by atoms with Crippen LogP contribution in [0.25, 0.3) is 0 Å². The molecule has 0 fully saturated rings. The maximum Gasteiger partial charge on any atom is 0.0844 e. The number of nitrogen functional groups attached to an aromatic ring is 3. The molecule has 5 heteroatoms. The van der Waals surface area contributed by atoms with E-state index < -0.39 is 0 Å². The lowest BCUT2D eigenvalue weighted by Gasteiger charge is -2.06. The minimum Gasteiger partial charge on any atom is -0.397 e. The minimum absolute atomic E-state index is 0.233. The van der Waals surface area contributed by atoms with Gasteiger partial charge in [-0.15, -0.1) is 0 Å². The minimum atomic E-state index is 0.233. The van der Waals surface area contributed by atoms with E-state index >= 15 is 0 Å². The lowest BCUT2D eigenvalue weighted by atomic mass is 10.2. The number of hydrogen-bond donors (Lipinski definition) is 3. The van der Waals surface area contributed by atoms with Crippen LogP contribution in [-0.2, 0) is 0 Å². The van der Waals surface area contributed by atoms with E-state index in [1.165, 1.54) is 6.07 Å². The van der Waals surface area contributed by atoms with Crippen molar-refractivity contribution in [1.82, 2.24) is 0 Å². The van der Waals surface area contributed by atoms with Gasteiger partial charge in [-0.25, -0.2) is 0 Å². The monoisotopic (exact) mass is 191 g/mol. The Hall–Kier alpha value is -0.800. The predicted molar refractivity (Wildman–Crippen MR) is 49.7 cm³/mol. The van der Waals surface area contributed by atoms with Gasteiger partial charge in [0.2, 0.25) is 0 Å². The number of anilines is 3. The Balaban J connectivity index is 3.46. The highest BCUT2D eigenvalue weighted by atomic mass is 35.5. The zero-order valence-corrected chi connectivity index (χ0v) is 7.08. The van der Waals surface area contributed by atoms with Crippen molar-refractivity contribution in [3.05, 3.63) is 16.1 Å². The van der Waals surface area contributed by atoms with Gasteiger partial charge in [0.05, 0.1) is 27.1 Å². The number of benzene rings is 1. The molecule has 0 radical (unpaired) electrons. The summed E-state index contributed by atoms with van der Waals surface area (Å²) >= 11 is 11.3. The van der Waals surface area contributed by atoms with Gasteiger partial charge in [0, 0.05) is 0 Å². The van der Waals surface area contributed by atoms with Crippen molar-refractivity contribution in [2.75, 3.05) is 17.2 Å². The SMILES string of the molecule is Nc1cc(Cl)c(Cl)c(N)c1N. The molecule has 0 atom stereocenters. The average molecular weight is 192 g/mol. The highest BCUT2D eigenvalue weighted by Crippen LogP contribution is 2.36. The molecule has 60 valence electrons. The molecule has 1 aromatic carbocycles. The summed E-state index contributed by atoms with van der Waals surface area (Å²) in [6.07, 6.45) is 0. The lowest BCUT2D eigenvalue weighted by Crippen LogP contribution is -2.00. The molecular weight excluding hydrogens is 185 g/mol. The fraction of sp³-hybridized carbons (Fsp3) is 0. The van der Waals surface area contributed by atoms with Crippen molar-refractivity contribution < 1.29 is 0 Å². The van der Waals surface area contributed by atoms with Gasteiger partial charge in [-0.2, -0.15) is 0 Å². The van der Waals surface area contributed by atoms with Crippen LogP contribution in [0.4, 0.5) is 17.1 Å². The van der Waals surface area contributed by atoms with Crippen molar-refractivity contribution in [3.8, 4) is 0 Å². The Bertz CT molecular complexity index is 272. The highest BCUT2D eigenvalue weighted by molar-refractivity contribution is 6.44. The molecule has 3 nitrogen and oxygen atoms in total. The van der Waals surface area contributed by atoms with E-state index in [0.717, 1.165) is 0 Å². The first-order valence-electron chi connectivity index (χ1n) is 2.82. The van der Waals surface area contributed by atoms with Crippen LogP contribution >= 0.6 is 23.2 Å². The summed E-state index contributed by atoms with van der Waals surface area (Å²) in [4.78, 5) is 0. The Morgan fingerprint density at radius 3 is 2.09 bits per heavy atom. The largest absolute Gasteiger partial charge is 0.397 e. The standard InChI is InChI=1S/C6H7Cl2N3/c7-2-1-3(9)5(10)6(11)4(2)8/h1H,9-11H2. The topological polar surface area (TPSA) is 78.1 Å². The van der Waals surface area contributed by atoms with Crippen LogP contribution in [0.1, 0.15) is 0 Å². The normalized spacial score (nSPS) is 10.0. The van der Waals surface area contributed by atoms with Crippen LogP contribution in [0.5, 0.6) is 0 Å². The van der Waals surface area contributed by atoms with Gasteiger partial charge in [0.1, 0.15) is 0 Å². The Kier molecular flexibility index (Phi) is 2.02. The molecule has 1 aromatic rings. The Labute approximate surface area is 74.1 Å². The van der Waals surface area contributed by atoms with Gasteiger partial charge < -0.3 is 17.2 Å². The van der Waals surface area contributed by atoms with Crippen molar-refractivity contribution in [1.29, 1.82) is 0 Å². The molecule has 11 heavy (non-hydrogen) atoms. The molecule has 0 saturated carbocycles. The zero-order chi connectivity index (χ0) is 8.59. The smallest absolute Gasteiger partial charge is 0.0844 e. The summed E-state index contributed by atoms with van der Waals surface area (Å²) in [5.74, 6) is 0. The van der Waals surface area contributed by atoms with Crippen LogP contribution in [0.15, 0.2) is 6.07 Å². The third-order valence-corrected chi connectivity index (χ3v) is 2.13. The molecule has 0 bridgehead atoms. The molecule has 0 aromatic heterocycles. The number of nitrogens with two attached hydrogens (primary N) is 3. The van der Waals surface area contributed by atoms with Crippen molar-refractivity contribution in [3.63, 3.8) is 0 Å². The van der Waals surface area contributed by atoms with E-state index in [4.69, 9.17) is 40.4 Å². The van der Waals surface area contributed by atoms with Gasteiger partial charge in [0.25, 0.3) is 0 Å². The summed E-state index contributed by atoms with van der Waals surface area (Å²) in [7, 11) is 0. The van der Waals surface area contributed by atoms with E-state index in [-0.39, 0.29) is 16.4 Å². The summed E-state index contributed by atoms with van der Waals surface area (Å²) in [6, 6.07) is 1.47. The molecule has 0 saturated heterocycles. The van der Waals surface area contributed by atoms with E-state index in [9.17, 15) is 0 Å². The van der Waals surface area contributed by atoms with E-state index in [1.807, 2.05) is 0 Å². The number of hydrogen-bond acceptors (Lipinski definition) is 3. The fourth-order valence-electron chi connectivity index (χ4n) is 0.680. The van der Waals surface area contributed by atoms with Crippen molar-refractivity contribution in [2.45, 2.75) is 0 Å². The Morgan fingerprint density at radius 1 is 1.00 bits per heavy atom. The van der Waals surface area contributed by atoms with E-state index in [1.54, 1.807) is 0 Å². The maximum absolute atomic E-state index is 5.66. The first-order chi connectivity index (χ1) is 5.04. The molecule has 0 aliphatic carbocycles. The first-order valence-corrected chi connectivity index (χ1v) is 3.58. The van der Waals surface area contributed by atoms with Crippen LogP contribution in [0.3, 0.4) is 0 Å². The van der Waals surface area contributed by atoms with E-state index in [2.05, 4.69) is 0 Å². The molecule has 1 rings (SSSR count). The number of halogens is 2. The predicted octanol–water partition coefficient (Wildman–Crippen LogP) is 1.74. The third kappa shape index (κ3) is 1.29. The molecule has 0 heterocycles. The lowest BCUT2D eigenvalue weighted by molar-refractivity contribution is 1.64. The van der Waals surface area contributed by atoms with Crippen LogP contribution < -0.4 is 17.2 Å². The molecule has 0 aliphatic rings. The van der Waals surface area contributed by atoms with E-state index in [0.29, 0.717) is 10.7 Å². The van der Waals surface area contributed by atoms with Gasteiger partial charge in [0.15, 0.2) is 0 Å². The molecule has 6 N–H and O–H groups in total. The fourth-order valence-corrected chi connectivity index (χ4v) is 1.06. The summed E-state index contributed by atoms with van der Waals surface area (Å²) in [5.41, 5.74) is 17.2. The molecular formula is C6H7Cl2N3. The van der Waals surface area contributed by atoms with Gasteiger partial charge in [-0.1, -0.05) is 23.2 Å². The van der Waals surface area contributed by atoms with Crippen molar-refractivity contribution >= 4 is 40.3 Å². The molecule has 0 aliphatic heterocycles. The third-order valence-electron chi connectivity index (χ3n) is 1.33. The highest BCUT2D eigenvalue weighted by Gasteiger charge is 2.08. The second kappa shape index (κ2) is 2.68. The van der Waals surface area contributed by atoms with Crippen LogP contribution in [0.2, 0.25) is 10.0 Å². The average Bonchev–Trinajstić information content (AvgIpc) is 1.97. The van der Waals surface area contributed by atoms with Crippen LogP contribution in [-0.4, -0.2) is 0 Å². The molecule has 0 unspecified atom stereocenters. The zero-order valence-electron chi connectivity index (χ0n) is 5.57. The first kappa shape index (κ1) is 8.30. The second-order valence-electron chi connectivity index (χ2n) is 2.09. The van der Waals surface area contributed by atoms with Gasteiger partial charge >= 0.3 is 0 Å². The maximum atomic E-state index is 5.66. The molecule has 0 spiro atoms. The van der Waals surface area contributed by atoms with Gasteiger partial charge in [-0.05, 0) is 6.07 Å². The van der Waals surface area contributed by atoms with Crippen molar-refractivity contribution in [2.24, 2.45) is 0 Å². The summed E-state index contributed by atoms with van der Waals surface area (Å²) in [5, 5.41) is 0.564. The molecule has 0 amide bonds. The number of rotatable bonds is 0. The second-order valence-corrected chi connectivity index (χ2v) is 2.87.